The van der Waals surface area contributed by atoms with Gasteiger partial charge in [0.05, 0.1) is 6.54 Å². The minimum atomic E-state index is -4.70. The Bertz CT molecular complexity index is 257. The van der Waals surface area contributed by atoms with Crippen molar-refractivity contribution in [2.45, 2.75) is 51.4 Å². The molecule has 4 nitrogen and oxygen atoms in total. The van der Waals surface area contributed by atoms with Crippen LogP contribution in [-0.2, 0) is 4.79 Å². The smallest absolute Gasteiger partial charge is 0.382 e. The van der Waals surface area contributed by atoms with Crippen LogP contribution in [0.1, 0.15) is 33.1 Å². The summed E-state index contributed by atoms with van der Waals surface area (Å²) in [7, 11) is 0. The number of nitrogens with one attached hydrogen (secondary N) is 1. The molecule has 0 fully saturated rings. The summed E-state index contributed by atoms with van der Waals surface area (Å²) < 4.78 is 35.9. The third-order valence-corrected chi connectivity index (χ3v) is 2.59. The molecule has 0 radical (unpaired) electrons. The van der Waals surface area contributed by atoms with Crippen LogP contribution < -0.4 is 11.1 Å². The van der Waals surface area contributed by atoms with Gasteiger partial charge in [-0.2, -0.15) is 13.2 Å². The molecule has 0 aliphatic rings. The molecule has 0 aliphatic carbocycles. The van der Waals surface area contributed by atoms with Gasteiger partial charge in [-0.15, -0.1) is 0 Å². The first-order valence-corrected chi connectivity index (χ1v) is 5.92. The molecule has 0 saturated heterocycles. The maximum Gasteiger partial charge on any atom is 0.416 e. The fourth-order valence-corrected chi connectivity index (χ4v) is 1.36. The zero-order valence-electron chi connectivity index (χ0n) is 10.6. The second-order valence-electron chi connectivity index (χ2n) is 4.61. The first-order chi connectivity index (χ1) is 8.14. The molecule has 7 heteroatoms. The lowest BCUT2D eigenvalue weighted by Crippen LogP contribution is -2.42. The predicted octanol–water partition coefficient (Wildman–Crippen LogP) is 1.18. The van der Waals surface area contributed by atoms with Crippen molar-refractivity contribution in [1.82, 2.24) is 5.32 Å². The van der Waals surface area contributed by atoms with Crippen molar-refractivity contribution in [1.29, 1.82) is 0 Å². The van der Waals surface area contributed by atoms with Crippen molar-refractivity contribution in [3.8, 4) is 0 Å². The highest BCUT2D eigenvalue weighted by atomic mass is 19.4. The number of aliphatic hydroxyl groups excluding tert-OH is 1. The number of amides is 1. The second-order valence-corrected chi connectivity index (χ2v) is 4.61. The van der Waals surface area contributed by atoms with Crippen LogP contribution in [0.4, 0.5) is 13.2 Å². The second kappa shape index (κ2) is 7.58. The van der Waals surface area contributed by atoms with Crippen LogP contribution >= 0.6 is 0 Å². The Morgan fingerprint density at radius 1 is 1.33 bits per heavy atom. The third kappa shape index (κ3) is 7.50. The lowest BCUT2D eigenvalue weighted by molar-refractivity contribution is -0.202. The average molecular weight is 270 g/mol. The maximum atomic E-state index is 12.0. The molecule has 0 aliphatic heterocycles. The number of halogens is 3. The molecule has 0 saturated carbocycles. The summed E-state index contributed by atoms with van der Waals surface area (Å²) in [6.07, 6.45) is -5.14. The minimum Gasteiger partial charge on any atom is -0.382 e. The van der Waals surface area contributed by atoms with Gasteiger partial charge in [0.1, 0.15) is 0 Å². The van der Waals surface area contributed by atoms with Gasteiger partial charge in [0.15, 0.2) is 6.10 Å². The predicted molar refractivity (Wildman–Crippen MR) is 61.7 cm³/mol. The van der Waals surface area contributed by atoms with Crippen molar-refractivity contribution in [3.63, 3.8) is 0 Å². The van der Waals surface area contributed by atoms with E-state index in [9.17, 15) is 18.0 Å². The van der Waals surface area contributed by atoms with E-state index in [-0.39, 0.29) is 12.0 Å². The molecule has 1 amide bonds. The van der Waals surface area contributed by atoms with E-state index in [1.807, 2.05) is 6.92 Å². The van der Waals surface area contributed by atoms with Crippen molar-refractivity contribution in [3.05, 3.63) is 0 Å². The van der Waals surface area contributed by atoms with Gasteiger partial charge in [0, 0.05) is 12.0 Å². The summed E-state index contributed by atoms with van der Waals surface area (Å²) in [6.45, 7) is 2.68. The highest BCUT2D eigenvalue weighted by Crippen LogP contribution is 2.19. The Morgan fingerprint density at radius 2 is 1.89 bits per heavy atom. The molecular formula is C11H21F3N2O2. The number of hydrogen-bond acceptors (Lipinski definition) is 3. The molecule has 0 spiro atoms. The van der Waals surface area contributed by atoms with Crippen molar-refractivity contribution < 1.29 is 23.1 Å². The number of carbonyl (C=O) groups is 1. The van der Waals surface area contributed by atoms with E-state index in [0.29, 0.717) is 6.42 Å². The lowest BCUT2D eigenvalue weighted by Gasteiger charge is -2.17. The largest absolute Gasteiger partial charge is 0.416 e. The van der Waals surface area contributed by atoms with E-state index in [4.69, 9.17) is 10.8 Å². The van der Waals surface area contributed by atoms with Gasteiger partial charge in [0.25, 0.3) is 0 Å². The molecule has 18 heavy (non-hydrogen) atoms. The van der Waals surface area contributed by atoms with Gasteiger partial charge in [-0.25, -0.2) is 0 Å². The Kier molecular flexibility index (Phi) is 7.23. The number of hydrogen-bond donors (Lipinski definition) is 3. The van der Waals surface area contributed by atoms with Crippen LogP contribution in [-0.4, -0.2) is 35.9 Å². The van der Waals surface area contributed by atoms with Gasteiger partial charge >= 0.3 is 6.18 Å². The zero-order valence-corrected chi connectivity index (χ0v) is 10.6. The van der Waals surface area contributed by atoms with Gasteiger partial charge in [-0.05, 0) is 19.8 Å². The Balaban J connectivity index is 3.88. The molecule has 0 aromatic carbocycles. The monoisotopic (exact) mass is 270 g/mol. The molecular weight excluding hydrogens is 249 g/mol. The molecule has 0 aromatic heterocycles. The van der Waals surface area contributed by atoms with E-state index in [2.05, 4.69) is 5.32 Å². The molecule has 4 N–H and O–H groups in total. The lowest BCUT2D eigenvalue weighted by atomic mass is 10.0. The Labute approximate surface area is 105 Å². The number of nitrogens with two attached hydrogens (primary N) is 1. The van der Waals surface area contributed by atoms with Gasteiger partial charge in [-0.3, -0.25) is 4.79 Å². The minimum absolute atomic E-state index is 0.0484. The van der Waals surface area contributed by atoms with Crippen LogP contribution in [0.5, 0.6) is 0 Å². The highest BCUT2D eigenvalue weighted by Gasteiger charge is 2.38. The van der Waals surface area contributed by atoms with Crippen LogP contribution in [0.25, 0.3) is 0 Å². The topological polar surface area (TPSA) is 75.4 Å². The van der Waals surface area contributed by atoms with E-state index < -0.39 is 24.7 Å². The standard InChI is InChI=1S/C11H21F3N2O2/c1-7(4-3-5-8(2)15)10(18)16-6-9(17)11(12,13)14/h7-9,17H,3-6,15H2,1-2H3,(H,16,18). The molecule has 0 rings (SSSR count). The fraction of sp³-hybridized carbons (Fsp3) is 0.909. The van der Waals surface area contributed by atoms with E-state index in [1.54, 1.807) is 6.92 Å². The number of aliphatic hydroxyl groups is 1. The van der Waals surface area contributed by atoms with Crippen LogP contribution in [0, 0.1) is 5.92 Å². The highest BCUT2D eigenvalue weighted by molar-refractivity contribution is 5.78. The molecule has 0 bridgehead atoms. The molecule has 0 aromatic rings. The summed E-state index contributed by atoms with van der Waals surface area (Å²) in [6, 6.07) is 0.0484. The Hall–Kier alpha value is -0.820. The Morgan fingerprint density at radius 3 is 2.33 bits per heavy atom. The number of rotatable bonds is 7. The molecule has 108 valence electrons. The molecule has 0 heterocycles. The first-order valence-electron chi connectivity index (χ1n) is 5.92. The maximum absolute atomic E-state index is 12.0. The normalized spacial score (nSPS) is 17.1. The summed E-state index contributed by atoms with van der Waals surface area (Å²) in [5.74, 6) is -0.868. The van der Waals surface area contributed by atoms with Crippen molar-refractivity contribution in [2.75, 3.05) is 6.54 Å². The molecule has 3 atom stereocenters. The van der Waals surface area contributed by atoms with Crippen LogP contribution in [0.3, 0.4) is 0 Å². The van der Waals surface area contributed by atoms with Gasteiger partial charge in [0.2, 0.25) is 5.91 Å². The SMILES string of the molecule is CC(N)CCCC(C)C(=O)NCC(O)C(F)(F)F. The average Bonchev–Trinajstić information content (AvgIpc) is 2.23. The van der Waals surface area contributed by atoms with E-state index >= 15 is 0 Å². The zero-order chi connectivity index (χ0) is 14.3. The first kappa shape index (κ1) is 17.2. The van der Waals surface area contributed by atoms with Gasteiger partial charge in [-0.1, -0.05) is 13.3 Å². The number of alkyl halides is 3. The third-order valence-electron chi connectivity index (χ3n) is 2.59. The van der Waals surface area contributed by atoms with Gasteiger partial charge < -0.3 is 16.2 Å². The number of carbonyl (C=O) groups excluding carboxylic acids is 1. The van der Waals surface area contributed by atoms with Crippen molar-refractivity contribution >= 4 is 5.91 Å². The van der Waals surface area contributed by atoms with Crippen molar-refractivity contribution in [2.24, 2.45) is 11.7 Å². The summed E-state index contributed by atoms with van der Waals surface area (Å²) >= 11 is 0. The van der Waals surface area contributed by atoms with Crippen LogP contribution in [0.15, 0.2) is 0 Å². The van der Waals surface area contributed by atoms with E-state index in [1.165, 1.54) is 0 Å². The summed E-state index contributed by atoms with van der Waals surface area (Å²) in [5.41, 5.74) is 5.54. The summed E-state index contributed by atoms with van der Waals surface area (Å²) in [5, 5.41) is 10.8. The van der Waals surface area contributed by atoms with Crippen LogP contribution in [0.2, 0.25) is 0 Å². The molecule has 3 unspecified atom stereocenters. The summed E-state index contributed by atoms with van der Waals surface area (Å²) in [4.78, 5) is 11.4. The fourth-order valence-electron chi connectivity index (χ4n) is 1.36. The van der Waals surface area contributed by atoms with E-state index in [0.717, 1.165) is 12.8 Å². The quantitative estimate of drug-likeness (QED) is 0.650.